The first kappa shape index (κ1) is 21.6. The minimum Gasteiger partial charge on any atom is -0.344 e. The van der Waals surface area contributed by atoms with Crippen LogP contribution in [-0.2, 0) is 6.42 Å². The molecule has 4 aromatic rings. The maximum atomic E-state index is 13.2. The van der Waals surface area contributed by atoms with E-state index in [1.54, 1.807) is 29.3 Å². The topological polar surface area (TPSA) is 98.5 Å². The Morgan fingerprint density at radius 1 is 1.19 bits per heavy atom. The van der Waals surface area contributed by atoms with E-state index < -0.39 is 0 Å². The summed E-state index contributed by atoms with van der Waals surface area (Å²) < 4.78 is 1.63. The summed E-state index contributed by atoms with van der Waals surface area (Å²) in [6.07, 6.45) is 5.47. The van der Waals surface area contributed by atoms with Gasteiger partial charge in [0.2, 0.25) is 0 Å². The Hall–Kier alpha value is -3.65. The van der Waals surface area contributed by atoms with Crippen LogP contribution in [0.4, 0.5) is 0 Å². The molecule has 162 valence electrons. The summed E-state index contributed by atoms with van der Waals surface area (Å²) in [6.45, 7) is 5.81. The number of hydrogen-bond acceptors (Lipinski definition) is 6. The third-order valence-electron chi connectivity index (χ3n) is 5.08. The number of aromatic nitrogens is 6. The van der Waals surface area contributed by atoms with Crippen molar-refractivity contribution >= 4 is 17.5 Å². The number of aryl methyl sites for hydroxylation is 2. The average molecular weight is 448 g/mol. The van der Waals surface area contributed by atoms with Crippen LogP contribution in [0, 0.1) is 6.92 Å². The van der Waals surface area contributed by atoms with Gasteiger partial charge in [-0.15, -0.1) is 5.10 Å². The lowest BCUT2D eigenvalue weighted by Crippen LogP contribution is -2.27. The number of amides is 1. The van der Waals surface area contributed by atoms with E-state index in [2.05, 4.69) is 30.8 Å². The van der Waals surface area contributed by atoms with E-state index in [4.69, 9.17) is 11.6 Å². The maximum absolute atomic E-state index is 13.2. The first-order valence-electron chi connectivity index (χ1n) is 10.2. The fourth-order valence-corrected chi connectivity index (χ4v) is 3.73. The number of carbonyl (C=O) groups is 1. The van der Waals surface area contributed by atoms with E-state index in [1.165, 1.54) is 0 Å². The van der Waals surface area contributed by atoms with E-state index in [0.29, 0.717) is 34.2 Å². The fourth-order valence-electron chi connectivity index (χ4n) is 3.39. The molecular formula is C23H22ClN7O. The third-order valence-corrected chi connectivity index (χ3v) is 5.40. The predicted octanol–water partition coefficient (Wildman–Crippen LogP) is 4.13. The van der Waals surface area contributed by atoms with Crippen LogP contribution in [0.3, 0.4) is 0 Å². The van der Waals surface area contributed by atoms with Gasteiger partial charge in [0, 0.05) is 35.0 Å². The van der Waals surface area contributed by atoms with Crippen LogP contribution in [0.25, 0.3) is 16.8 Å². The minimum atomic E-state index is -0.314. The van der Waals surface area contributed by atoms with Gasteiger partial charge < -0.3 is 5.32 Å². The van der Waals surface area contributed by atoms with Gasteiger partial charge in [-0.2, -0.15) is 4.68 Å². The highest BCUT2D eigenvalue weighted by atomic mass is 35.5. The largest absolute Gasteiger partial charge is 0.344 e. The summed E-state index contributed by atoms with van der Waals surface area (Å²) in [5, 5.41) is 15.5. The molecule has 1 unspecified atom stereocenters. The highest BCUT2D eigenvalue weighted by molar-refractivity contribution is 6.33. The van der Waals surface area contributed by atoms with E-state index >= 15 is 0 Å². The molecule has 0 radical (unpaired) electrons. The van der Waals surface area contributed by atoms with Crippen molar-refractivity contribution in [3.8, 4) is 16.8 Å². The molecule has 9 heteroatoms. The molecule has 2 aromatic carbocycles. The monoisotopic (exact) mass is 447 g/mol. The molecule has 0 aliphatic carbocycles. The van der Waals surface area contributed by atoms with Crippen molar-refractivity contribution in [3.05, 3.63) is 82.7 Å². The summed E-state index contributed by atoms with van der Waals surface area (Å²) in [6, 6.07) is 11.0. The van der Waals surface area contributed by atoms with E-state index in [0.717, 1.165) is 16.7 Å². The standard InChI is InChI=1S/C23H22ClN7O/c1-4-22-28-29-30-31(22)18-11-16(19-6-5-14(2)9-20(19)24)10-17(12-18)23(32)27-15(3)21-13-25-7-8-26-21/h5-13,15H,4H2,1-3H3,(H,27,32). The van der Waals surface area contributed by atoms with Crippen LogP contribution in [0.5, 0.6) is 0 Å². The zero-order valence-electron chi connectivity index (χ0n) is 18.0. The van der Waals surface area contributed by atoms with Crippen molar-refractivity contribution in [2.45, 2.75) is 33.2 Å². The maximum Gasteiger partial charge on any atom is 0.251 e. The van der Waals surface area contributed by atoms with Crippen LogP contribution in [0.15, 0.2) is 55.0 Å². The average Bonchev–Trinajstić information content (AvgIpc) is 3.28. The smallest absolute Gasteiger partial charge is 0.251 e. The van der Waals surface area contributed by atoms with Gasteiger partial charge in [0.05, 0.1) is 23.6 Å². The van der Waals surface area contributed by atoms with Gasteiger partial charge in [-0.05, 0) is 59.7 Å². The number of benzene rings is 2. The van der Waals surface area contributed by atoms with Crippen molar-refractivity contribution in [2.75, 3.05) is 0 Å². The summed E-state index contributed by atoms with van der Waals surface area (Å²) in [5.74, 6) is 0.442. The van der Waals surface area contributed by atoms with Crippen LogP contribution in [0.1, 0.15) is 47.3 Å². The number of nitrogens with one attached hydrogen (secondary N) is 1. The lowest BCUT2D eigenvalue weighted by molar-refractivity contribution is 0.0939. The lowest BCUT2D eigenvalue weighted by atomic mass is 10.00. The van der Waals surface area contributed by atoms with Crippen LogP contribution in [-0.4, -0.2) is 36.1 Å². The van der Waals surface area contributed by atoms with Crippen LogP contribution < -0.4 is 5.32 Å². The molecule has 0 aliphatic heterocycles. The number of rotatable bonds is 6. The molecule has 1 atom stereocenters. The Morgan fingerprint density at radius 3 is 2.75 bits per heavy atom. The molecule has 0 aliphatic rings. The normalized spacial score (nSPS) is 11.9. The van der Waals surface area contributed by atoms with Crippen molar-refractivity contribution in [1.29, 1.82) is 0 Å². The number of tetrazole rings is 1. The molecule has 0 saturated heterocycles. The summed E-state index contributed by atoms with van der Waals surface area (Å²) in [5.41, 5.74) is 4.48. The van der Waals surface area contributed by atoms with E-state index in [1.807, 2.05) is 51.1 Å². The second kappa shape index (κ2) is 9.23. The number of carbonyl (C=O) groups excluding carboxylic acids is 1. The fraction of sp³-hybridized carbons (Fsp3) is 0.217. The Bertz CT molecular complexity index is 1260. The minimum absolute atomic E-state index is 0.249. The molecule has 0 saturated carbocycles. The molecule has 8 nitrogen and oxygen atoms in total. The van der Waals surface area contributed by atoms with Crippen molar-refractivity contribution < 1.29 is 4.79 Å². The third kappa shape index (κ3) is 4.50. The van der Waals surface area contributed by atoms with Crippen molar-refractivity contribution in [2.24, 2.45) is 0 Å². The molecule has 0 bridgehead atoms. The molecular weight excluding hydrogens is 426 g/mol. The number of halogens is 1. The van der Waals surface area contributed by atoms with Gasteiger partial charge in [-0.25, -0.2) is 0 Å². The first-order chi connectivity index (χ1) is 15.5. The van der Waals surface area contributed by atoms with Crippen LogP contribution >= 0.6 is 11.6 Å². The van der Waals surface area contributed by atoms with Crippen LogP contribution in [0.2, 0.25) is 5.02 Å². The molecule has 1 amide bonds. The summed E-state index contributed by atoms with van der Waals surface area (Å²) >= 11 is 6.53. The predicted molar refractivity (Wildman–Crippen MR) is 122 cm³/mol. The highest BCUT2D eigenvalue weighted by Crippen LogP contribution is 2.31. The second-order valence-corrected chi connectivity index (χ2v) is 7.84. The van der Waals surface area contributed by atoms with Gasteiger partial charge in [0.1, 0.15) is 0 Å². The number of hydrogen-bond donors (Lipinski definition) is 1. The Morgan fingerprint density at radius 2 is 2.03 bits per heavy atom. The van der Waals surface area contributed by atoms with E-state index in [9.17, 15) is 4.79 Å². The molecule has 2 aromatic heterocycles. The molecule has 1 N–H and O–H groups in total. The van der Waals surface area contributed by atoms with Crippen molar-refractivity contribution in [3.63, 3.8) is 0 Å². The second-order valence-electron chi connectivity index (χ2n) is 7.44. The van der Waals surface area contributed by atoms with Gasteiger partial charge in [0.15, 0.2) is 5.82 Å². The van der Waals surface area contributed by atoms with Gasteiger partial charge in [-0.3, -0.25) is 14.8 Å². The quantitative estimate of drug-likeness (QED) is 0.477. The Labute approximate surface area is 190 Å². The van der Waals surface area contributed by atoms with Gasteiger partial charge in [0.25, 0.3) is 5.91 Å². The molecule has 0 fully saturated rings. The molecule has 2 heterocycles. The number of nitrogens with zero attached hydrogens (tertiary/aromatic N) is 6. The Balaban J connectivity index is 1.77. The molecule has 0 spiro atoms. The zero-order valence-corrected chi connectivity index (χ0v) is 18.7. The SMILES string of the molecule is CCc1nnnn1-c1cc(C(=O)NC(C)c2cnccn2)cc(-c2ccc(C)cc2Cl)c1. The van der Waals surface area contributed by atoms with Gasteiger partial charge >= 0.3 is 0 Å². The summed E-state index contributed by atoms with van der Waals surface area (Å²) in [7, 11) is 0. The Kier molecular flexibility index (Phi) is 6.23. The summed E-state index contributed by atoms with van der Waals surface area (Å²) in [4.78, 5) is 21.5. The van der Waals surface area contributed by atoms with E-state index in [-0.39, 0.29) is 11.9 Å². The lowest BCUT2D eigenvalue weighted by Gasteiger charge is -2.15. The first-order valence-corrected chi connectivity index (χ1v) is 10.6. The molecule has 4 rings (SSSR count). The highest BCUT2D eigenvalue weighted by Gasteiger charge is 2.17. The van der Waals surface area contributed by atoms with Gasteiger partial charge in [-0.1, -0.05) is 30.7 Å². The zero-order chi connectivity index (χ0) is 22.7. The van der Waals surface area contributed by atoms with Crippen molar-refractivity contribution in [1.82, 2.24) is 35.5 Å². The molecule has 32 heavy (non-hydrogen) atoms.